The molecular weight excluding hydrogens is 557 g/mol. The van der Waals surface area contributed by atoms with Gasteiger partial charge in [0.15, 0.2) is 6.37 Å². The molecule has 0 heterocycles. The molecule has 11 heteroatoms. The first-order valence-corrected chi connectivity index (χ1v) is 24.7. The van der Waals surface area contributed by atoms with Crippen LogP contribution >= 0.6 is 22.4 Å². The van der Waals surface area contributed by atoms with Crippen molar-refractivity contribution in [2.45, 2.75) is 118 Å². The van der Waals surface area contributed by atoms with Crippen molar-refractivity contribution in [1.82, 2.24) is 0 Å². The van der Waals surface area contributed by atoms with E-state index in [0.29, 0.717) is 39.6 Å². The Bertz CT molecular complexity index is 445. The second-order valence-corrected chi connectivity index (χ2v) is 25.9. The first-order valence-electron chi connectivity index (χ1n) is 15.0. The van der Waals surface area contributed by atoms with Crippen molar-refractivity contribution in [3.63, 3.8) is 0 Å². The van der Waals surface area contributed by atoms with Crippen molar-refractivity contribution in [3.8, 4) is 0 Å². The fourth-order valence-electron chi connectivity index (χ4n) is 4.44. The lowest BCUT2D eigenvalue weighted by molar-refractivity contribution is 0.0704. The SMILES string of the molecule is CCCC[Si](CCCC)(SCCC[Si](OCC)(OCC)OCC)SCCC[Si](OCC)(OCC)OCC. The highest BCUT2D eigenvalue weighted by Gasteiger charge is 2.42. The van der Waals surface area contributed by atoms with Gasteiger partial charge in [0.05, 0.1) is 0 Å². The van der Waals surface area contributed by atoms with Gasteiger partial charge in [-0.15, -0.1) is 0 Å². The van der Waals surface area contributed by atoms with Crippen LogP contribution in [0.5, 0.6) is 0 Å². The molecule has 0 radical (unpaired) electrons. The van der Waals surface area contributed by atoms with E-state index >= 15 is 0 Å². The minimum absolute atomic E-state index is 0.650. The first-order chi connectivity index (χ1) is 17.9. The third kappa shape index (κ3) is 16.2. The Morgan fingerprint density at radius 3 is 0.946 bits per heavy atom. The van der Waals surface area contributed by atoms with E-state index < -0.39 is 24.0 Å². The van der Waals surface area contributed by atoms with Gasteiger partial charge < -0.3 is 26.6 Å². The maximum atomic E-state index is 6.10. The van der Waals surface area contributed by atoms with Crippen LogP contribution in [-0.2, 0) is 26.6 Å². The third-order valence-electron chi connectivity index (χ3n) is 5.99. The third-order valence-corrected chi connectivity index (χ3v) is 25.5. The van der Waals surface area contributed by atoms with Gasteiger partial charge in [-0.3, -0.25) is 0 Å². The molecule has 224 valence electrons. The largest absolute Gasteiger partial charge is 0.500 e. The van der Waals surface area contributed by atoms with Crippen LogP contribution in [0.4, 0.5) is 0 Å². The van der Waals surface area contributed by atoms with Crippen LogP contribution in [0.3, 0.4) is 0 Å². The predicted octanol–water partition coefficient (Wildman–Crippen LogP) is 8.37. The van der Waals surface area contributed by atoms with Crippen LogP contribution in [-0.4, -0.2) is 75.1 Å². The predicted molar refractivity (Wildman–Crippen MR) is 170 cm³/mol. The summed E-state index contributed by atoms with van der Waals surface area (Å²) in [6.45, 7) is 20.8. The lowest BCUT2D eigenvalue weighted by atomic mass is 10.4. The van der Waals surface area contributed by atoms with Gasteiger partial charge in [0.25, 0.3) is 0 Å². The summed E-state index contributed by atoms with van der Waals surface area (Å²) in [7, 11) is -5.12. The molecule has 0 aromatic heterocycles. The number of unbranched alkanes of at least 4 members (excludes halogenated alkanes) is 2. The zero-order chi connectivity index (χ0) is 27.9. The zero-order valence-corrected chi connectivity index (χ0v) is 30.1. The fourth-order valence-corrected chi connectivity index (χ4v) is 23.3. The van der Waals surface area contributed by atoms with E-state index in [-0.39, 0.29) is 0 Å². The Kier molecular flexibility index (Phi) is 24.5. The van der Waals surface area contributed by atoms with E-state index in [9.17, 15) is 0 Å². The van der Waals surface area contributed by atoms with Gasteiger partial charge in [0.2, 0.25) is 0 Å². The smallest absolute Gasteiger partial charge is 0.374 e. The fraction of sp³-hybridized carbons (Fsp3) is 1.00. The topological polar surface area (TPSA) is 55.4 Å². The number of rotatable bonds is 28. The van der Waals surface area contributed by atoms with Crippen molar-refractivity contribution in [1.29, 1.82) is 0 Å². The van der Waals surface area contributed by atoms with Crippen molar-refractivity contribution in [3.05, 3.63) is 0 Å². The summed E-state index contributed by atoms with van der Waals surface area (Å²) in [6.07, 6.45) is 5.88. The van der Waals surface area contributed by atoms with E-state index in [2.05, 4.69) is 36.3 Å². The molecule has 0 aromatic rings. The van der Waals surface area contributed by atoms with Gasteiger partial charge in [-0.25, -0.2) is 0 Å². The summed E-state index contributed by atoms with van der Waals surface area (Å²) in [4.78, 5) is 0. The molecule has 0 N–H and O–H groups in total. The molecular formula is C26H60O6S2Si3. The number of hydrogen-bond acceptors (Lipinski definition) is 8. The standard InChI is InChI=1S/C26H60O6S2Si3/c1-9-17-23-35(24-18-10-2,33-21-19-25-36(27-11-3,28-12-4)29-13-5)34-22-20-26-37(30-14-6,31-15-7)32-16-8/h9-26H2,1-8H3. The minimum Gasteiger partial charge on any atom is -0.374 e. The van der Waals surface area contributed by atoms with Crippen molar-refractivity contribution in [2.75, 3.05) is 51.1 Å². The van der Waals surface area contributed by atoms with E-state index in [0.717, 1.165) is 24.9 Å². The molecule has 0 aliphatic carbocycles. The highest BCUT2D eigenvalue weighted by atomic mass is 32.6. The minimum atomic E-state index is -2.56. The van der Waals surface area contributed by atoms with Crippen molar-refractivity contribution in [2.24, 2.45) is 0 Å². The van der Waals surface area contributed by atoms with Crippen molar-refractivity contribution >= 4 is 46.4 Å². The molecule has 0 saturated heterocycles. The Balaban J connectivity index is 5.28. The molecule has 0 spiro atoms. The normalized spacial score (nSPS) is 13.0. The second kappa shape index (κ2) is 23.8. The Hall–Kier alpha value is 1.11. The summed E-state index contributed by atoms with van der Waals surface area (Å²) in [5.74, 6) is 2.34. The van der Waals surface area contributed by atoms with E-state index in [4.69, 9.17) is 26.6 Å². The van der Waals surface area contributed by atoms with E-state index in [1.807, 2.05) is 41.5 Å². The quantitative estimate of drug-likeness (QED) is 0.0642. The van der Waals surface area contributed by atoms with Gasteiger partial charge in [0, 0.05) is 51.7 Å². The molecule has 0 amide bonds. The van der Waals surface area contributed by atoms with Gasteiger partial charge >= 0.3 is 17.6 Å². The lowest BCUT2D eigenvalue weighted by Gasteiger charge is -2.33. The molecule has 0 aliphatic rings. The molecule has 0 unspecified atom stereocenters. The van der Waals surface area contributed by atoms with E-state index in [1.165, 1.54) is 49.3 Å². The molecule has 6 nitrogen and oxygen atoms in total. The maximum absolute atomic E-state index is 6.10. The monoisotopic (exact) mass is 616 g/mol. The second-order valence-electron chi connectivity index (χ2n) is 8.99. The number of hydrogen-bond donors (Lipinski definition) is 0. The summed E-state index contributed by atoms with van der Waals surface area (Å²) < 4.78 is 36.6. The zero-order valence-electron chi connectivity index (χ0n) is 25.5. The molecule has 0 fully saturated rings. The van der Waals surface area contributed by atoms with Crippen LogP contribution in [0, 0.1) is 0 Å². The Morgan fingerprint density at radius 1 is 0.405 bits per heavy atom. The first kappa shape index (κ1) is 38.1. The average Bonchev–Trinajstić information content (AvgIpc) is 2.87. The molecule has 0 saturated carbocycles. The van der Waals surface area contributed by atoms with Crippen molar-refractivity contribution < 1.29 is 26.6 Å². The van der Waals surface area contributed by atoms with Gasteiger partial charge in [-0.1, -0.05) is 39.5 Å². The molecule has 0 aromatic carbocycles. The summed E-state index contributed by atoms with van der Waals surface area (Å²) >= 11 is 4.62. The summed E-state index contributed by atoms with van der Waals surface area (Å²) in [5.41, 5.74) is 0. The Labute approximate surface area is 241 Å². The molecule has 37 heavy (non-hydrogen) atoms. The van der Waals surface area contributed by atoms with Crippen LogP contribution in [0.25, 0.3) is 0 Å². The Morgan fingerprint density at radius 2 is 0.703 bits per heavy atom. The maximum Gasteiger partial charge on any atom is 0.500 e. The van der Waals surface area contributed by atoms with Gasteiger partial charge in [-0.2, -0.15) is 22.4 Å². The van der Waals surface area contributed by atoms with Crippen LogP contribution in [0.1, 0.15) is 93.9 Å². The van der Waals surface area contributed by atoms with Crippen LogP contribution < -0.4 is 0 Å². The molecule has 0 atom stereocenters. The van der Waals surface area contributed by atoms with Gasteiger partial charge in [-0.05, 0) is 78.0 Å². The average molecular weight is 617 g/mol. The molecule has 0 rings (SSSR count). The van der Waals surface area contributed by atoms with Gasteiger partial charge in [0.1, 0.15) is 0 Å². The van der Waals surface area contributed by atoms with Crippen LogP contribution in [0.15, 0.2) is 0 Å². The van der Waals surface area contributed by atoms with E-state index in [1.54, 1.807) is 0 Å². The molecule has 0 aliphatic heterocycles. The summed E-state index contributed by atoms with van der Waals surface area (Å²) in [6, 6.07) is 4.62. The van der Waals surface area contributed by atoms with Crippen LogP contribution in [0.2, 0.25) is 24.2 Å². The highest BCUT2D eigenvalue weighted by molar-refractivity contribution is 8.58. The summed E-state index contributed by atoms with van der Waals surface area (Å²) in [5, 5.41) is 0. The highest BCUT2D eigenvalue weighted by Crippen LogP contribution is 2.43. The molecule has 0 bridgehead atoms. The lowest BCUT2D eigenvalue weighted by Crippen LogP contribution is -2.46.